The number of hydrogen-bond donors (Lipinski definition) is 1. The van der Waals surface area contributed by atoms with Gasteiger partial charge in [0, 0.05) is 35.5 Å². The van der Waals surface area contributed by atoms with E-state index in [9.17, 15) is 9.18 Å². The van der Waals surface area contributed by atoms with Gasteiger partial charge in [-0.25, -0.2) is 14.4 Å². The molecular weight excluding hydrogens is 427 g/mol. The highest BCUT2D eigenvalue weighted by Gasteiger charge is 2.21. The van der Waals surface area contributed by atoms with Crippen molar-refractivity contribution in [3.63, 3.8) is 0 Å². The van der Waals surface area contributed by atoms with E-state index in [0.29, 0.717) is 12.3 Å². The van der Waals surface area contributed by atoms with Crippen molar-refractivity contribution in [2.45, 2.75) is 51.5 Å². The van der Waals surface area contributed by atoms with Crippen LogP contribution in [0, 0.1) is 11.7 Å². The molecule has 3 aromatic rings. The van der Waals surface area contributed by atoms with E-state index in [1.165, 1.54) is 17.7 Å². The average molecular weight is 459 g/mol. The highest BCUT2D eigenvalue weighted by molar-refractivity contribution is 5.96. The van der Waals surface area contributed by atoms with Crippen LogP contribution in [0.2, 0.25) is 0 Å². The molecule has 6 heteroatoms. The summed E-state index contributed by atoms with van der Waals surface area (Å²) in [4.78, 5) is 24.0. The maximum Gasteiger partial charge on any atom is 0.162 e. The van der Waals surface area contributed by atoms with Crippen LogP contribution in [0.25, 0.3) is 0 Å². The summed E-state index contributed by atoms with van der Waals surface area (Å²) < 4.78 is 13.1. The molecule has 1 N–H and O–H groups in total. The predicted molar refractivity (Wildman–Crippen MR) is 132 cm³/mol. The predicted octanol–water partition coefficient (Wildman–Crippen LogP) is 5.72. The van der Waals surface area contributed by atoms with E-state index in [-0.39, 0.29) is 11.6 Å². The van der Waals surface area contributed by atoms with Crippen molar-refractivity contribution in [2.24, 2.45) is 5.92 Å². The molecule has 5 rings (SSSR count). The smallest absolute Gasteiger partial charge is 0.162 e. The van der Waals surface area contributed by atoms with Crippen LogP contribution in [0.4, 0.5) is 15.9 Å². The van der Waals surface area contributed by atoms with E-state index >= 15 is 0 Å². The third-order valence-corrected chi connectivity index (χ3v) is 7.15. The molecule has 2 aliphatic rings. The van der Waals surface area contributed by atoms with Gasteiger partial charge in [-0.3, -0.25) is 9.69 Å². The molecule has 1 aliphatic heterocycles. The normalized spacial score (nSPS) is 16.4. The van der Waals surface area contributed by atoms with Gasteiger partial charge in [-0.05, 0) is 99.5 Å². The molecule has 5 nitrogen and oxygen atoms in total. The second-order valence-corrected chi connectivity index (χ2v) is 9.51. The molecule has 2 heterocycles. The van der Waals surface area contributed by atoms with Crippen LogP contribution in [-0.2, 0) is 19.4 Å². The summed E-state index contributed by atoms with van der Waals surface area (Å²) in [7, 11) is 0. The molecule has 0 amide bonds. The Morgan fingerprint density at radius 3 is 2.53 bits per heavy atom. The van der Waals surface area contributed by atoms with Crippen LogP contribution in [0.1, 0.15) is 59.3 Å². The van der Waals surface area contributed by atoms with Crippen LogP contribution >= 0.6 is 0 Å². The molecule has 0 unspecified atom stereocenters. The summed E-state index contributed by atoms with van der Waals surface area (Å²) in [5.41, 5.74) is 5.22. The van der Waals surface area contributed by atoms with Gasteiger partial charge in [0.1, 0.15) is 18.0 Å². The fraction of sp³-hybridized carbons (Fsp3) is 0.393. The number of rotatable bonds is 8. The number of piperidine rings is 1. The monoisotopic (exact) mass is 458 g/mol. The molecule has 1 fully saturated rings. The first-order valence-corrected chi connectivity index (χ1v) is 12.3. The van der Waals surface area contributed by atoms with Crippen molar-refractivity contribution in [2.75, 3.05) is 18.4 Å². The fourth-order valence-corrected chi connectivity index (χ4v) is 5.10. The number of Topliss-reactive ketones (excluding diaryl/α,β-unsaturated/α-hetero) is 1. The number of nitrogens with zero attached hydrogens (tertiary/aromatic N) is 3. The lowest BCUT2D eigenvalue weighted by Crippen LogP contribution is -2.33. The SMILES string of the molecule is O=C(CCC1CCN(Cc2ccc(F)cc2)CC1)c1ccc(Nc2ncnc3c2CCC3)cc1. The van der Waals surface area contributed by atoms with E-state index in [0.717, 1.165) is 86.5 Å². The van der Waals surface area contributed by atoms with Crippen molar-refractivity contribution < 1.29 is 9.18 Å². The lowest BCUT2D eigenvalue weighted by Gasteiger charge is -2.32. The zero-order valence-electron chi connectivity index (χ0n) is 19.5. The first-order chi connectivity index (χ1) is 16.6. The van der Waals surface area contributed by atoms with Gasteiger partial charge in [0.15, 0.2) is 5.78 Å². The van der Waals surface area contributed by atoms with Crippen LogP contribution in [0.15, 0.2) is 54.9 Å². The number of aromatic nitrogens is 2. The standard InChI is InChI=1S/C28H31FN4O/c29-23-9-4-21(5-10-23)18-33-16-14-20(15-17-33)6-13-27(34)22-7-11-24(12-8-22)32-28-25-2-1-3-26(25)30-19-31-28/h4-5,7-12,19-20H,1-3,6,13-18H2,(H,30,31,32). The fourth-order valence-electron chi connectivity index (χ4n) is 5.10. The van der Waals surface area contributed by atoms with Gasteiger partial charge in [-0.2, -0.15) is 0 Å². The molecule has 0 atom stereocenters. The molecule has 0 bridgehead atoms. The zero-order valence-corrected chi connectivity index (χ0v) is 19.5. The Labute approximate surface area is 200 Å². The Hall–Kier alpha value is -3.12. The number of ketones is 1. The first-order valence-electron chi connectivity index (χ1n) is 12.3. The highest BCUT2D eigenvalue weighted by atomic mass is 19.1. The molecule has 34 heavy (non-hydrogen) atoms. The van der Waals surface area contributed by atoms with Gasteiger partial charge < -0.3 is 5.32 Å². The molecule has 2 aromatic carbocycles. The van der Waals surface area contributed by atoms with Crippen molar-refractivity contribution >= 4 is 17.3 Å². The molecule has 1 aromatic heterocycles. The number of anilines is 2. The van der Waals surface area contributed by atoms with Gasteiger partial charge in [-0.15, -0.1) is 0 Å². The quantitative estimate of drug-likeness (QED) is 0.437. The molecule has 1 saturated heterocycles. The molecule has 0 radical (unpaired) electrons. The van der Waals surface area contributed by atoms with Crippen molar-refractivity contribution in [3.05, 3.63) is 83.1 Å². The number of halogens is 1. The minimum absolute atomic E-state index is 0.188. The summed E-state index contributed by atoms with van der Waals surface area (Å²) in [6.07, 6.45) is 8.54. The maximum atomic E-state index is 13.1. The second-order valence-electron chi connectivity index (χ2n) is 9.51. The van der Waals surface area contributed by atoms with E-state index in [4.69, 9.17) is 0 Å². The van der Waals surface area contributed by atoms with Crippen LogP contribution in [0.3, 0.4) is 0 Å². The molecule has 0 spiro atoms. The largest absolute Gasteiger partial charge is 0.340 e. The van der Waals surface area contributed by atoms with Crippen LogP contribution in [0.5, 0.6) is 0 Å². The highest BCUT2D eigenvalue weighted by Crippen LogP contribution is 2.28. The molecule has 176 valence electrons. The number of fused-ring (bicyclic) bond motifs is 1. The van der Waals surface area contributed by atoms with E-state index < -0.39 is 0 Å². The van der Waals surface area contributed by atoms with Gasteiger partial charge in [-0.1, -0.05) is 12.1 Å². The second kappa shape index (κ2) is 10.4. The van der Waals surface area contributed by atoms with Crippen LogP contribution in [-0.4, -0.2) is 33.7 Å². The molecular formula is C28H31FN4O. The third-order valence-electron chi connectivity index (χ3n) is 7.15. The van der Waals surface area contributed by atoms with Gasteiger partial charge in [0.05, 0.1) is 0 Å². The Morgan fingerprint density at radius 1 is 1.00 bits per heavy atom. The number of carbonyl (C=O) groups is 1. The Kier molecular flexibility index (Phi) is 6.95. The van der Waals surface area contributed by atoms with E-state index in [2.05, 4.69) is 20.2 Å². The number of benzene rings is 2. The lowest BCUT2D eigenvalue weighted by molar-refractivity contribution is 0.0961. The van der Waals surface area contributed by atoms with Crippen LogP contribution < -0.4 is 5.32 Å². The van der Waals surface area contributed by atoms with Gasteiger partial charge in [0.2, 0.25) is 0 Å². The van der Waals surface area contributed by atoms with Gasteiger partial charge in [0.25, 0.3) is 0 Å². The van der Waals surface area contributed by atoms with Gasteiger partial charge >= 0.3 is 0 Å². The minimum atomic E-state index is -0.188. The third kappa shape index (κ3) is 5.50. The molecule has 0 saturated carbocycles. The Balaban J connectivity index is 1.07. The lowest BCUT2D eigenvalue weighted by atomic mass is 9.90. The van der Waals surface area contributed by atoms with E-state index in [1.54, 1.807) is 6.33 Å². The summed E-state index contributed by atoms with van der Waals surface area (Å²) in [6.45, 7) is 2.93. The summed E-state index contributed by atoms with van der Waals surface area (Å²) in [5.74, 6) is 1.50. The number of carbonyl (C=O) groups excluding carboxylic acids is 1. The van der Waals surface area contributed by atoms with Crippen molar-refractivity contribution in [3.8, 4) is 0 Å². The number of hydrogen-bond acceptors (Lipinski definition) is 5. The average Bonchev–Trinajstić information content (AvgIpc) is 3.35. The minimum Gasteiger partial charge on any atom is -0.340 e. The number of aryl methyl sites for hydroxylation is 1. The van der Waals surface area contributed by atoms with E-state index in [1.807, 2.05) is 36.4 Å². The first kappa shape index (κ1) is 22.7. The summed E-state index contributed by atoms with van der Waals surface area (Å²) >= 11 is 0. The molecule has 1 aliphatic carbocycles. The summed E-state index contributed by atoms with van der Waals surface area (Å²) in [6, 6.07) is 14.5. The zero-order chi connectivity index (χ0) is 23.3. The Morgan fingerprint density at radius 2 is 1.76 bits per heavy atom. The topological polar surface area (TPSA) is 58.1 Å². The number of likely N-dealkylation sites (tertiary alicyclic amines) is 1. The maximum absolute atomic E-state index is 13.1. The van der Waals surface area contributed by atoms with Crippen molar-refractivity contribution in [1.82, 2.24) is 14.9 Å². The Bertz CT molecular complexity index is 1120. The summed E-state index contributed by atoms with van der Waals surface area (Å²) in [5, 5.41) is 3.39. The van der Waals surface area contributed by atoms with Crippen molar-refractivity contribution in [1.29, 1.82) is 0 Å². The number of nitrogens with one attached hydrogen (secondary N) is 1.